The molecule has 15 atom stereocenters. The lowest BCUT2D eigenvalue weighted by Crippen LogP contribution is -2.52. The van der Waals surface area contributed by atoms with E-state index in [0.717, 1.165) is 75.7 Å². The third kappa shape index (κ3) is 14.4. The van der Waals surface area contributed by atoms with Crippen molar-refractivity contribution in [2.45, 2.75) is 177 Å². The fraction of sp³-hybridized carbons (Fsp3) is 0.585. The number of hydrogen-bond acceptors (Lipinski definition) is 10. The molecule has 3 aromatic rings. The van der Waals surface area contributed by atoms with Gasteiger partial charge in [-0.05, 0) is 112 Å². The number of likely N-dealkylation sites (tertiary alicyclic amines) is 3. The van der Waals surface area contributed by atoms with E-state index in [1.807, 2.05) is 54.8 Å². The number of hydrogen-bond donors (Lipinski definition) is 6. The van der Waals surface area contributed by atoms with E-state index < -0.39 is 35.2 Å². The molecular formula is C65H82F4N10O6. The molecule has 6 heterocycles. The summed E-state index contributed by atoms with van der Waals surface area (Å²) in [7, 11) is 0. The summed E-state index contributed by atoms with van der Waals surface area (Å²) in [6.07, 6.45) is 9.99. The van der Waals surface area contributed by atoms with Gasteiger partial charge in [0, 0.05) is 86.6 Å². The van der Waals surface area contributed by atoms with E-state index in [9.17, 15) is 51.6 Å². The van der Waals surface area contributed by atoms with Crippen molar-refractivity contribution in [1.29, 1.82) is 5.26 Å². The van der Waals surface area contributed by atoms with Gasteiger partial charge in [-0.2, -0.15) is 18.4 Å². The maximum Gasteiger partial charge on any atom is 0.416 e. The van der Waals surface area contributed by atoms with E-state index in [0.29, 0.717) is 63.3 Å². The van der Waals surface area contributed by atoms with E-state index in [1.54, 1.807) is 23.1 Å². The van der Waals surface area contributed by atoms with Crippen LogP contribution in [0.1, 0.15) is 139 Å². The van der Waals surface area contributed by atoms with Crippen molar-refractivity contribution in [2.24, 2.45) is 23.2 Å². The van der Waals surface area contributed by atoms with Gasteiger partial charge in [-0.1, -0.05) is 87.9 Å². The molecule has 3 saturated carbocycles. The normalized spacial score (nSPS) is 32.0. The minimum atomic E-state index is -4.39. The van der Waals surface area contributed by atoms with E-state index >= 15 is 0 Å². The fourth-order valence-corrected chi connectivity index (χ4v) is 13.7. The van der Waals surface area contributed by atoms with Crippen molar-refractivity contribution < 1.29 is 46.3 Å². The SMILES string of the molecule is C.C#C[C@@H]1CCCN1C(=O)[C@H]1NC[C@@H](C(=O)N[C@H]2C[C@H]2c2ccccc2)C1(C)C.C[C@@H]1N[C@H](C(=O)N2CCC[C@H]2C#N)C[C@@H]1C(=O)N[C@@H]1C[C@H]1c1cccc(C(F)(F)F)c1.O=C(N[C@H]1CC1c1cccc(F)c1)[C@@H]1CN[C@H](C(=O)N2CCCC2)C1. The Bertz CT molecular complexity index is 3020. The molecule has 85 heavy (non-hydrogen) atoms. The van der Waals surface area contributed by atoms with E-state index in [-0.39, 0.29) is 115 Å². The number of alkyl halides is 3. The van der Waals surface area contributed by atoms with Crippen LogP contribution >= 0.6 is 0 Å². The molecule has 12 rings (SSSR count). The van der Waals surface area contributed by atoms with Crippen molar-refractivity contribution in [3.05, 3.63) is 107 Å². The van der Waals surface area contributed by atoms with Crippen molar-refractivity contribution in [2.75, 3.05) is 39.3 Å². The number of nitriles is 1. The Morgan fingerprint density at radius 2 is 1.22 bits per heavy atom. The maximum atomic E-state index is 13.3. The largest absolute Gasteiger partial charge is 0.416 e. The van der Waals surface area contributed by atoms with Crippen molar-refractivity contribution in [3.63, 3.8) is 0 Å². The highest BCUT2D eigenvalue weighted by atomic mass is 19.4. The zero-order chi connectivity index (χ0) is 59.6. The molecule has 6 amide bonds. The van der Waals surface area contributed by atoms with E-state index in [1.165, 1.54) is 17.7 Å². The molecule has 9 fully saturated rings. The van der Waals surface area contributed by atoms with Crippen LogP contribution in [-0.4, -0.2) is 144 Å². The zero-order valence-electron chi connectivity index (χ0n) is 48.0. The monoisotopic (exact) mass is 1170 g/mol. The number of carbonyl (C=O) groups excluding carboxylic acids is 6. The second-order valence-corrected chi connectivity index (χ2v) is 25.1. The number of halogens is 4. The highest BCUT2D eigenvalue weighted by Gasteiger charge is 2.53. The van der Waals surface area contributed by atoms with Crippen LogP contribution < -0.4 is 31.9 Å². The number of carbonyl (C=O) groups is 6. The molecule has 456 valence electrons. The van der Waals surface area contributed by atoms with E-state index in [2.05, 4.69) is 56.0 Å². The maximum absolute atomic E-state index is 13.3. The van der Waals surface area contributed by atoms with Gasteiger partial charge in [-0.15, -0.1) is 6.42 Å². The average Bonchev–Trinajstić information content (AvgIpc) is 3.04. The topological polar surface area (TPSA) is 208 Å². The Morgan fingerprint density at radius 3 is 1.85 bits per heavy atom. The number of nitrogens with zero attached hydrogens (tertiary/aromatic N) is 4. The first-order chi connectivity index (χ1) is 40.2. The zero-order valence-corrected chi connectivity index (χ0v) is 48.0. The standard InChI is InChI=1S/C23H29N3O2.C22H25F3N4O2.C19H24FN3O2.CH4/c1-4-16-11-8-12-26(16)22(28)20-23(2,3)18(14-24-20)21(27)25-19-13-17(19)15-9-6-5-7-10-15;1-12-16(9-19(27-12)21(31)29-7-3-6-15(29)11-26)20(30)28-18-10-17(18)13-4-2-5-14(8-13)22(23,24)25;20-14-5-3-4-12(8-14)15-10-16(15)22-18(24)13-9-17(21-11-13)19(25)23-6-1-2-7-23;/h1,5-7,9-10,16-20,24H,8,11-14H2,2-3H3,(H,25,27);2,4-5,8,12,15-19,27H,3,6-7,9-10H2,1H3,(H,28,30);3-5,8,13,15-17,21H,1-2,6-7,9-11H2,(H,22,24);1H4/t16-,17+,18+,19+,20-;12-,15-,16-,17-,18+,19-;13-,15?,16-,17-;/m100./s1. The Labute approximate surface area is 496 Å². The number of nitrogens with one attached hydrogen (secondary N) is 6. The van der Waals surface area contributed by atoms with Gasteiger partial charge in [0.05, 0.1) is 53.6 Å². The van der Waals surface area contributed by atoms with Gasteiger partial charge >= 0.3 is 6.18 Å². The fourth-order valence-electron chi connectivity index (χ4n) is 13.7. The van der Waals surface area contributed by atoms with E-state index in [4.69, 9.17) is 6.42 Å². The molecular weight excluding hydrogens is 1090 g/mol. The third-order valence-electron chi connectivity index (χ3n) is 19.1. The molecule has 6 aliphatic heterocycles. The smallest absolute Gasteiger partial charge is 0.352 e. The minimum Gasteiger partial charge on any atom is -0.352 e. The molecule has 6 N–H and O–H groups in total. The molecule has 3 aliphatic carbocycles. The van der Waals surface area contributed by atoms with Crippen LogP contribution in [0.15, 0.2) is 78.9 Å². The summed E-state index contributed by atoms with van der Waals surface area (Å²) in [6.45, 7) is 9.89. The Hall–Kier alpha value is -6.87. The summed E-state index contributed by atoms with van der Waals surface area (Å²) in [6, 6.07) is 22.5. The minimum absolute atomic E-state index is 0. The van der Waals surface area contributed by atoms with Crippen molar-refractivity contribution in [3.8, 4) is 18.4 Å². The highest BCUT2D eigenvalue weighted by Crippen LogP contribution is 2.45. The van der Waals surface area contributed by atoms with Gasteiger partial charge in [-0.3, -0.25) is 28.8 Å². The van der Waals surface area contributed by atoms with Gasteiger partial charge in [0.15, 0.2) is 0 Å². The molecule has 0 bridgehead atoms. The third-order valence-corrected chi connectivity index (χ3v) is 19.1. The number of terminal acetylenes is 1. The van der Waals surface area contributed by atoms with Gasteiger partial charge in [-0.25, -0.2) is 4.39 Å². The molecule has 1 unspecified atom stereocenters. The van der Waals surface area contributed by atoms with Gasteiger partial charge in [0.25, 0.3) is 0 Å². The number of amides is 6. The predicted molar refractivity (Wildman–Crippen MR) is 312 cm³/mol. The summed E-state index contributed by atoms with van der Waals surface area (Å²) in [5.41, 5.74) is 1.65. The summed E-state index contributed by atoms with van der Waals surface area (Å²) in [5, 5.41) is 28.1. The Morgan fingerprint density at radius 1 is 0.647 bits per heavy atom. The lowest BCUT2D eigenvalue weighted by molar-refractivity contribution is -0.138. The summed E-state index contributed by atoms with van der Waals surface area (Å²) < 4.78 is 52.1. The lowest BCUT2D eigenvalue weighted by atomic mass is 9.75. The van der Waals surface area contributed by atoms with Crippen LogP contribution in [-0.2, 0) is 34.9 Å². The molecule has 3 aromatic carbocycles. The first-order valence-electron chi connectivity index (χ1n) is 30.1. The second-order valence-electron chi connectivity index (χ2n) is 25.1. The first kappa shape index (κ1) is 62.7. The first-order valence-corrected chi connectivity index (χ1v) is 30.1. The van der Waals surface area contributed by atoms with Crippen molar-refractivity contribution >= 4 is 35.4 Å². The molecule has 0 radical (unpaired) electrons. The molecule has 20 heteroatoms. The van der Waals surface area contributed by atoms with Gasteiger partial charge < -0.3 is 46.6 Å². The van der Waals surface area contributed by atoms with Crippen LogP contribution in [0.2, 0.25) is 0 Å². The summed E-state index contributed by atoms with van der Waals surface area (Å²) in [4.78, 5) is 81.9. The highest BCUT2D eigenvalue weighted by molar-refractivity contribution is 5.89. The average molecular weight is 1180 g/mol. The molecule has 6 saturated heterocycles. The number of benzene rings is 3. The Balaban J connectivity index is 0.000000153. The van der Waals surface area contributed by atoms with Crippen LogP contribution in [0, 0.1) is 52.7 Å². The summed E-state index contributed by atoms with van der Waals surface area (Å²) >= 11 is 0. The van der Waals surface area contributed by atoms with Crippen LogP contribution in [0.5, 0.6) is 0 Å². The number of rotatable bonds is 12. The predicted octanol–water partition coefficient (Wildman–Crippen LogP) is 6.49. The molecule has 0 spiro atoms. The molecule has 16 nitrogen and oxygen atoms in total. The van der Waals surface area contributed by atoms with Crippen LogP contribution in [0.4, 0.5) is 17.6 Å². The molecule has 0 aromatic heterocycles. The quantitative estimate of drug-likeness (QED) is 0.0859. The Kier molecular flexibility index (Phi) is 19.5. The van der Waals surface area contributed by atoms with Gasteiger partial charge in [0.2, 0.25) is 35.4 Å². The van der Waals surface area contributed by atoms with Crippen LogP contribution in [0.25, 0.3) is 0 Å². The second kappa shape index (κ2) is 26.4. The van der Waals surface area contributed by atoms with Crippen LogP contribution in [0.3, 0.4) is 0 Å². The van der Waals surface area contributed by atoms with Crippen molar-refractivity contribution in [1.82, 2.24) is 46.6 Å². The summed E-state index contributed by atoms with van der Waals surface area (Å²) in [5.74, 6) is 2.08. The van der Waals surface area contributed by atoms with Gasteiger partial charge in [0.1, 0.15) is 11.9 Å². The lowest BCUT2D eigenvalue weighted by Gasteiger charge is -2.34. The molecule has 9 aliphatic rings.